The molecule has 0 saturated heterocycles. The number of carbonyl (C=O) groups is 1. The van der Waals surface area contributed by atoms with Crippen LogP contribution in [0.5, 0.6) is 0 Å². The number of aromatic nitrogens is 2. The molecule has 0 saturated carbocycles. The molecule has 2 aromatic rings. The average molecular weight is 250 g/mol. The van der Waals surface area contributed by atoms with E-state index in [4.69, 9.17) is 21.4 Å². The van der Waals surface area contributed by atoms with Crippen LogP contribution in [0.4, 0.5) is 4.79 Å². The van der Waals surface area contributed by atoms with Gasteiger partial charge in [-0.3, -0.25) is 0 Å². The molecule has 1 heterocycles. The highest BCUT2D eigenvalue weighted by Gasteiger charge is 2.14. The molecule has 0 bridgehead atoms. The van der Waals surface area contributed by atoms with Crippen LogP contribution in [-0.2, 0) is 4.74 Å². The van der Waals surface area contributed by atoms with Crippen molar-refractivity contribution < 1.29 is 13.9 Å². The molecule has 0 radical (unpaired) electrons. The molecule has 0 unspecified atom stereocenters. The number of carbonyl (C=O) groups excluding carboxylic acids is 1. The summed E-state index contributed by atoms with van der Waals surface area (Å²) < 4.78 is 11.0. The molecular formula is C11H10N2O3S. The Morgan fingerprint density at radius 2 is 2.18 bits per heavy atom. The number of ether oxygens (including phenoxy) is 1. The molecule has 6 heteroatoms. The Kier molecular flexibility index (Phi) is 3.34. The van der Waals surface area contributed by atoms with Gasteiger partial charge in [0.1, 0.15) is 0 Å². The molecule has 1 aromatic carbocycles. The van der Waals surface area contributed by atoms with Crippen molar-refractivity contribution in [1.82, 2.24) is 9.78 Å². The second kappa shape index (κ2) is 4.92. The molecule has 17 heavy (non-hydrogen) atoms. The van der Waals surface area contributed by atoms with Crippen molar-refractivity contribution in [3.63, 3.8) is 0 Å². The van der Waals surface area contributed by atoms with Crippen LogP contribution in [0.1, 0.15) is 6.92 Å². The van der Waals surface area contributed by atoms with Gasteiger partial charge in [0.05, 0.1) is 6.61 Å². The fourth-order valence-electron chi connectivity index (χ4n) is 1.28. The predicted octanol–water partition coefficient (Wildman–Crippen LogP) is 2.88. The third-order valence-electron chi connectivity index (χ3n) is 2.01. The summed E-state index contributed by atoms with van der Waals surface area (Å²) in [7, 11) is 0. The van der Waals surface area contributed by atoms with Gasteiger partial charge in [-0.2, -0.15) is 0 Å². The summed E-state index contributed by atoms with van der Waals surface area (Å²) in [5.41, 5.74) is 0.752. The lowest BCUT2D eigenvalue weighted by molar-refractivity contribution is 0.149. The van der Waals surface area contributed by atoms with Crippen LogP contribution in [0.2, 0.25) is 0 Å². The lowest BCUT2D eigenvalue weighted by atomic mass is 10.2. The third kappa shape index (κ3) is 2.42. The normalized spacial score (nSPS) is 10.2. The summed E-state index contributed by atoms with van der Waals surface area (Å²) in [6, 6.07) is 9.20. The SMILES string of the molecule is CCOC(=O)n1nc(-c2ccccc2)oc1=S. The molecule has 88 valence electrons. The fourth-order valence-corrected chi connectivity index (χ4v) is 1.47. The van der Waals surface area contributed by atoms with Crippen LogP contribution in [0.25, 0.3) is 11.5 Å². The first-order valence-electron chi connectivity index (χ1n) is 5.05. The van der Waals surface area contributed by atoms with Crippen molar-refractivity contribution in [3.05, 3.63) is 35.2 Å². The zero-order chi connectivity index (χ0) is 12.3. The standard InChI is InChI=1S/C11H10N2O3S/c1-2-15-10(14)13-11(17)16-9(12-13)8-6-4-3-5-7-8/h3-7H,2H2,1H3. The van der Waals surface area contributed by atoms with Crippen molar-refractivity contribution in [1.29, 1.82) is 0 Å². The van der Waals surface area contributed by atoms with Crippen LogP contribution in [0, 0.1) is 4.84 Å². The summed E-state index contributed by atoms with van der Waals surface area (Å²) in [5, 5.41) is 3.97. The minimum atomic E-state index is -0.636. The summed E-state index contributed by atoms with van der Waals surface area (Å²) in [6.07, 6.45) is -0.636. The van der Waals surface area contributed by atoms with Crippen molar-refractivity contribution in [2.75, 3.05) is 6.61 Å². The van der Waals surface area contributed by atoms with Gasteiger partial charge in [0, 0.05) is 5.56 Å². The van der Waals surface area contributed by atoms with Gasteiger partial charge in [0.15, 0.2) is 0 Å². The van der Waals surface area contributed by atoms with Crippen LogP contribution < -0.4 is 0 Å². The first-order valence-corrected chi connectivity index (χ1v) is 5.46. The molecule has 0 fully saturated rings. The fraction of sp³-hybridized carbons (Fsp3) is 0.182. The molecule has 2 rings (SSSR count). The van der Waals surface area contributed by atoms with Crippen LogP contribution in [0.15, 0.2) is 34.7 Å². The Morgan fingerprint density at radius 3 is 2.82 bits per heavy atom. The zero-order valence-electron chi connectivity index (χ0n) is 9.12. The Hall–Kier alpha value is -1.95. The Bertz CT molecular complexity index is 574. The number of rotatable bonds is 2. The highest BCUT2D eigenvalue weighted by atomic mass is 32.1. The molecule has 0 aliphatic rings. The molecular weight excluding hydrogens is 240 g/mol. The van der Waals surface area contributed by atoms with Gasteiger partial charge in [-0.25, -0.2) is 4.79 Å². The van der Waals surface area contributed by atoms with Crippen LogP contribution in [-0.4, -0.2) is 22.5 Å². The van der Waals surface area contributed by atoms with E-state index >= 15 is 0 Å². The van der Waals surface area contributed by atoms with Gasteiger partial charge in [-0.15, -0.1) is 9.78 Å². The summed E-state index contributed by atoms with van der Waals surface area (Å²) in [4.78, 5) is 11.4. The monoisotopic (exact) mass is 250 g/mol. The van der Waals surface area contributed by atoms with Gasteiger partial charge < -0.3 is 9.15 Å². The van der Waals surface area contributed by atoms with Crippen LogP contribution >= 0.6 is 12.2 Å². The molecule has 0 N–H and O–H groups in total. The molecule has 0 aliphatic heterocycles. The Morgan fingerprint density at radius 1 is 1.47 bits per heavy atom. The van der Waals surface area contributed by atoms with E-state index in [-0.39, 0.29) is 11.4 Å². The molecule has 0 atom stereocenters. The van der Waals surface area contributed by atoms with Gasteiger partial charge in [-0.05, 0) is 31.3 Å². The number of hydrogen-bond donors (Lipinski definition) is 0. The highest BCUT2D eigenvalue weighted by molar-refractivity contribution is 7.71. The Balaban J connectivity index is 2.38. The van der Waals surface area contributed by atoms with E-state index in [1.54, 1.807) is 6.92 Å². The number of benzene rings is 1. The quantitative estimate of drug-likeness (QED) is 0.767. The van der Waals surface area contributed by atoms with E-state index in [0.29, 0.717) is 5.89 Å². The van der Waals surface area contributed by atoms with E-state index in [0.717, 1.165) is 10.2 Å². The zero-order valence-corrected chi connectivity index (χ0v) is 9.94. The molecule has 5 nitrogen and oxygen atoms in total. The molecule has 0 amide bonds. The maximum atomic E-state index is 11.5. The van der Waals surface area contributed by atoms with Crippen molar-refractivity contribution in [3.8, 4) is 11.5 Å². The molecule has 0 spiro atoms. The van der Waals surface area contributed by atoms with E-state index < -0.39 is 6.09 Å². The first-order chi connectivity index (χ1) is 8.22. The predicted molar refractivity (Wildman–Crippen MR) is 63.2 cm³/mol. The molecule has 0 aliphatic carbocycles. The van der Waals surface area contributed by atoms with Gasteiger partial charge in [0.2, 0.25) is 5.89 Å². The number of hydrogen-bond acceptors (Lipinski definition) is 5. The smallest absolute Gasteiger partial charge is 0.438 e. The van der Waals surface area contributed by atoms with Crippen molar-refractivity contribution >= 4 is 18.3 Å². The highest BCUT2D eigenvalue weighted by Crippen LogP contribution is 2.16. The largest absolute Gasteiger partial charge is 0.448 e. The topological polar surface area (TPSA) is 57.3 Å². The maximum absolute atomic E-state index is 11.5. The minimum Gasteiger partial charge on any atom is -0.448 e. The summed E-state index contributed by atoms with van der Waals surface area (Å²) in [5.74, 6) is 0.295. The summed E-state index contributed by atoms with van der Waals surface area (Å²) >= 11 is 4.90. The van der Waals surface area contributed by atoms with Crippen molar-refractivity contribution in [2.24, 2.45) is 0 Å². The second-order valence-corrected chi connectivity index (χ2v) is 3.50. The van der Waals surface area contributed by atoms with E-state index in [1.165, 1.54) is 0 Å². The van der Waals surface area contributed by atoms with Crippen molar-refractivity contribution in [2.45, 2.75) is 6.92 Å². The Labute approximate surface area is 103 Å². The number of nitrogens with zero attached hydrogens (tertiary/aromatic N) is 2. The molecule has 1 aromatic heterocycles. The maximum Gasteiger partial charge on any atom is 0.438 e. The van der Waals surface area contributed by atoms with Gasteiger partial charge >= 0.3 is 6.09 Å². The van der Waals surface area contributed by atoms with Gasteiger partial charge in [-0.1, -0.05) is 18.2 Å². The van der Waals surface area contributed by atoms with Gasteiger partial charge in [0.25, 0.3) is 4.84 Å². The summed E-state index contributed by atoms with van der Waals surface area (Å²) in [6.45, 7) is 1.97. The van der Waals surface area contributed by atoms with E-state index in [2.05, 4.69) is 5.10 Å². The first kappa shape index (κ1) is 11.5. The lowest BCUT2D eigenvalue weighted by Gasteiger charge is -1.97. The third-order valence-corrected chi connectivity index (χ3v) is 2.27. The van der Waals surface area contributed by atoms with Crippen LogP contribution in [0.3, 0.4) is 0 Å². The average Bonchev–Trinajstić information content (AvgIpc) is 2.73. The minimum absolute atomic E-state index is 0.0256. The second-order valence-electron chi connectivity index (χ2n) is 3.15. The van der Waals surface area contributed by atoms with E-state index in [9.17, 15) is 4.79 Å². The van der Waals surface area contributed by atoms with E-state index in [1.807, 2.05) is 30.3 Å². The lowest BCUT2D eigenvalue weighted by Crippen LogP contribution is -2.15.